The third kappa shape index (κ3) is 3.40. The van der Waals surface area contributed by atoms with Crippen LogP contribution < -0.4 is 5.32 Å². The summed E-state index contributed by atoms with van der Waals surface area (Å²) < 4.78 is 1.12. The molecule has 0 aliphatic heterocycles. The van der Waals surface area contributed by atoms with Crippen molar-refractivity contribution in [2.75, 3.05) is 0 Å². The highest BCUT2D eigenvalue weighted by molar-refractivity contribution is 9.10. The molecule has 96 valence electrons. The minimum atomic E-state index is 0.347. The van der Waals surface area contributed by atoms with Gasteiger partial charge in [0.25, 0.3) is 0 Å². The Morgan fingerprint density at radius 1 is 1.28 bits per heavy atom. The Morgan fingerprint density at radius 3 is 2.50 bits per heavy atom. The minimum absolute atomic E-state index is 0.347. The van der Waals surface area contributed by atoms with Crippen molar-refractivity contribution in [3.05, 3.63) is 49.9 Å². The van der Waals surface area contributed by atoms with Crippen LogP contribution in [0.5, 0.6) is 0 Å². The molecule has 1 atom stereocenters. The van der Waals surface area contributed by atoms with E-state index in [1.807, 2.05) is 0 Å². The lowest BCUT2D eigenvalue weighted by atomic mass is 10.1. The molecule has 18 heavy (non-hydrogen) atoms. The van der Waals surface area contributed by atoms with Gasteiger partial charge in [-0.1, -0.05) is 28.1 Å². The first-order chi connectivity index (χ1) is 8.56. The molecular weight excluding hydrogens is 308 g/mol. The first-order valence-corrected chi connectivity index (χ1v) is 7.59. The molecule has 1 heterocycles. The third-order valence-electron chi connectivity index (χ3n) is 2.94. The van der Waals surface area contributed by atoms with E-state index in [-0.39, 0.29) is 0 Å². The predicted octanol–water partition coefficient (Wildman–Crippen LogP) is 4.37. The van der Waals surface area contributed by atoms with Gasteiger partial charge in [0, 0.05) is 21.9 Å². The fraction of sp³-hybridized carbons (Fsp3) is 0.357. The van der Waals surface area contributed by atoms with Crippen molar-refractivity contribution in [3.8, 4) is 0 Å². The lowest BCUT2D eigenvalue weighted by molar-refractivity contribution is 0.577. The molecule has 0 radical (unpaired) electrons. The Balaban J connectivity index is 1.98. The predicted molar refractivity (Wildman–Crippen MR) is 81.0 cm³/mol. The number of rotatable bonds is 4. The van der Waals surface area contributed by atoms with E-state index in [1.54, 1.807) is 11.3 Å². The average molecular weight is 325 g/mol. The normalized spacial score (nSPS) is 12.7. The molecule has 1 N–H and O–H groups in total. The number of hydrogen-bond acceptors (Lipinski definition) is 3. The number of aromatic nitrogens is 1. The molecule has 0 bridgehead atoms. The number of benzene rings is 1. The number of hydrogen-bond donors (Lipinski definition) is 1. The largest absolute Gasteiger partial charge is 0.305 e. The lowest BCUT2D eigenvalue weighted by Gasteiger charge is -2.13. The summed E-state index contributed by atoms with van der Waals surface area (Å²) in [7, 11) is 0. The molecular formula is C14H17BrN2S. The van der Waals surface area contributed by atoms with Crippen LogP contribution in [-0.4, -0.2) is 4.98 Å². The van der Waals surface area contributed by atoms with E-state index < -0.39 is 0 Å². The van der Waals surface area contributed by atoms with Crippen molar-refractivity contribution in [1.29, 1.82) is 0 Å². The standard InChI is InChI=1S/C14H17BrN2S/c1-9(12-4-6-13(15)7-5-12)16-8-14-10(2)17-11(3)18-14/h4-7,9,16H,8H2,1-3H3/t9-/m0/s1. The molecule has 2 rings (SSSR count). The highest BCUT2D eigenvalue weighted by Crippen LogP contribution is 2.20. The van der Waals surface area contributed by atoms with Crippen LogP contribution in [0.15, 0.2) is 28.7 Å². The number of nitrogens with one attached hydrogen (secondary N) is 1. The molecule has 0 fully saturated rings. The summed E-state index contributed by atoms with van der Waals surface area (Å²) in [5, 5.41) is 4.68. The van der Waals surface area contributed by atoms with E-state index in [2.05, 4.69) is 71.3 Å². The quantitative estimate of drug-likeness (QED) is 0.903. The maximum absolute atomic E-state index is 4.45. The maximum Gasteiger partial charge on any atom is 0.0900 e. The van der Waals surface area contributed by atoms with E-state index in [4.69, 9.17) is 0 Å². The Bertz CT molecular complexity index is 519. The summed E-state index contributed by atoms with van der Waals surface area (Å²) in [6.45, 7) is 7.20. The molecule has 0 aliphatic carbocycles. The van der Waals surface area contributed by atoms with Crippen LogP contribution in [-0.2, 0) is 6.54 Å². The number of nitrogens with zero attached hydrogens (tertiary/aromatic N) is 1. The highest BCUT2D eigenvalue weighted by Gasteiger charge is 2.08. The van der Waals surface area contributed by atoms with Gasteiger partial charge >= 0.3 is 0 Å². The third-order valence-corrected chi connectivity index (χ3v) is 4.54. The van der Waals surface area contributed by atoms with Crippen molar-refractivity contribution in [1.82, 2.24) is 10.3 Å². The summed E-state index contributed by atoms with van der Waals surface area (Å²) in [6, 6.07) is 8.80. The van der Waals surface area contributed by atoms with Crippen molar-refractivity contribution in [2.24, 2.45) is 0 Å². The maximum atomic E-state index is 4.45. The molecule has 0 saturated carbocycles. The minimum Gasteiger partial charge on any atom is -0.305 e. The van der Waals surface area contributed by atoms with Gasteiger partial charge in [-0.3, -0.25) is 0 Å². The van der Waals surface area contributed by atoms with Gasteiger partial charge < -0.3 is 5.32 Å². The van der Waals surface area contributed by atoms with Crippen molar-refractivity contribution in [2.45, 2.75) is 33.4 Å². The Kier molecular flexibility index (Phi) is 4.54. The highest BCUT2D eigenvalue weighted by atomic mass is 79.9. The van der Waals surface area contributed by atoms with Crippen LogP contribution in [0, 0.1) is 13.8 Å². The van der Waals surface area contributed by atoms with Crippen LogP contribution in [0.4, 0.5) is 0 Å². The molecule has 2 aromatic rings. The van der Waals surface area contributed by atoms with E-state index in [9.17, 15) is 0 Å². The summed E-state index contributed by atoms with van der Waals surface area (Å²) in [5.74, 6) is 0. The molecule has 0 spiro atoms. The zero-order valence-electron chi connectivity index (χ0n) is 10.8. The van der Waals surface area contributed by atoms with Crippen molar-refractivity contribution in [3.63, 3.8) is 0 Å². The van der Waals surface area contributed by atoms with Gasteiger partial charge in [-0.05, 0) is 38.5 Å². The Morgan fingerprint density at radius 2 is 1.94 bits per heavy atom. The van der Waals surface area contributed by atoms with Gasteiger partial charge in [-0.25, -0.2) is 4.98 Å². The molecule has 2 nitrogen and oxygen atoms in total. The summed E-state index contributed by atoms with van der Waals surface area (Å²) in [4.78, 5) is 5.78. The summed E-state index contributed by atoms with van der Waals surface area (Å²) in [6.07, 6.45) is 0. The second-order valence-corrected chi connectivity index (χ2v) is 6.60. The fourth-order valence-electron chi connectivity index (χ4n) is 1.85. The average Bonchev–Trinajstić information content (AvgIpc) is 2.66. The molecule has 0 amide bonds. The smallest absolute Gasteiger partial charge is 0.0900 e. The topological polar surface area (TPSA) is 24.9 Å². The zero-order valence-corrected chi connectivity index (χ0v) is 13.2. The monoisotopic (exact) mass is 324 g/mol. The zero-order chi connectivity index (χ0) is 13.1. The van der Waals surface area contributed by atoms with Gasteiger partial charge in [0.1, 0.15) is 0 Å². The molecule has 0 unspecified atom stereocenters. The molecule has 1 aromatic carbocycles. The first-order valence-electron chi connectivity index (χ1n) is 5.98. The van der Waals surface area contributed by atoms with Crippen molar-refractivity contribution < 1.29 is 0 Å². The van der Waals surface area contributed by atoms with E-state index in [0.717, 1.165) is 21.7 Å². The summed E-state index contributed by atoms with van der Waals surface area (Å²) >= 11 is 5.23. The van der Waals surface area contributed by atoms with E-state index >= 15 is 0 Å². The number of halogens is 1. The van der Waals surface area contributed by atoms with Gasteiger partial charge in [-0.15, -0.1) is 11.3 Å². The number of aryl methyl sites for hydroxylation is 2. The van der Waals surface area contributed by atoms with Gasteiger partial charge in [-0.2, -0.15) is 0 Å². The Hall–Kier alpha value is -0.710. The number of thiazole rings is 1. The van der Waals surface area contributed by atoms with Gasteiger partial charge in [0.15, 0.2) is 0 Å². The SMILES string of the molecule is Cc1nc(C)c(CN[C@@H](C)c2ccc(Br)cc2)s1. The van der Waals surface area contributed by atoms with Crippen molar-refractivity contribution >= 4 is 27.3 Å². The first kappa shape index (κ1) is 13.7. The van der Waals surface area contributed by atoms with E-state index in [0.29, 0.717) is 6.04 Å². The molecule has 0 aliphatic rings. The van der Waals surface area contributed by atoms with Crippen LogP contribution in [0.25, 0.3) is 0 Å². The Labute approximate surface area is 121 Å². The molecule has 0 saturated heterocycles. The fourth-order valence-corrected chi connectivity index (χ4v) is 3.00. The second kappa shape index (κ2) is 5.95. The van der Waals surface area contributed by atoms with Gasteiger partial charge in [0.05, 0.1) is 10.7 Å². The molecule has 1 aromatic heterocycles. The van der Waals surface area contributed by atoms with Crippen LogP contribution in [0.2, 0.25) is 0 Å². The summed E-state index contributed by atoms with van der Waals surface area (Å²) in [5.41, 5.74) is 2.45. The lowest BCUT2D eigenvalue weighted by Crippen LogP contribution is -2.17. The molecule has 4 heteroatoms. The van der Waals surface area contributed by atoms with Crippen LogP contribution in [0.3, 0.4) is 0 Å². The van der Waals surface area contributed by atoms with E-state index in [1.165, 1.54) is 10.4 Å². The van der Waals surface area contributed by atoms with Crippen LogP contribution in [0.1, 0.15) is 34.1 Å². The van der Waals surface area contributed by atoms with Gasteiger partial charge in [0.2, 0.25) is 0 Å². The second-order valence-electron chi connectivity index (χ2n) is 4.40. The van der Waals surface area contributed by atoms with Crippen LogP contribution >= 0.6 is 27.3 Å².